The summed E-state index contributed by atoms with van der Waals surface area (Å²) in [5.41, 5.74) is 0.816. The maximum Gasteiger partial charge on any atom is 0.320 e. The van der Waals surface area contributed by atoms with Crippen molar-refractivity contribution in [2.24, 2.45) is 0 Å². The fraction of sp³-hybridized carbons (Fsp3) is 0.278. The molecule has 25 heavy (non-hydrogen) atoms. The minimum absolute atomic E-state index is 0.113. The summed E-state index contributed by atoms with van der Waals surface area (Å²) in [4.78, 5) is 22.9. The molecule has 0 saturated heterocycles. The van der Waals surface area contributed by atoms with Gasteiger partial charge in [0.05, 0.1) is 23.3 Å². The van der Waals surface area contributed by atoms with Gasteiger partial charge in [-0.1, -0.05) is 30.3 Å². The van der Waals surface area contributed by atoms with Crippen LogP contribution in [0.15, 0.2) is 48.5 Å². The molecule has 1 saturated carbocycles. The Morgan fingerprint density at radius 1 is 1.20 bits per heavy atom. The van der Waals surface area contributed by atoms with E-state index in [0.29, 0.717) is 5.75 Å². The summed E-state index contributed by atoms with van der Waals surface area (Å²) in [6, 6.07) is 13.5. The number of non-ortho nitro benzene ring substituents is 1. The van der Waals surface area contributed by atoms with E-state index in [2.05, 4.69) is 10.6 Å². The van der Waals surface area contributed by atoms with E-state index in [1.54, 1.807) is 0 Å². The van der Waals surface area contributed by atoms with Gasteiger partial charge in [0, 0.05) is 12.1 Å². The van der Waals surface area contributed by atoms with Crippen molar-refractivity contribution in [2.75, 3.05) is 12.4 Å². The van der Waals surface area contributed by atoms with E-state index >= 15 is 0 Å². The number of carbonyl (C=O) groups is 1. The fourth-order valence-electron chi connectivity index (χ4n) is 3.05. The Hall–Kier alpha value is -3.09. The van der Waals surface area contributed by atoms with Gasteiger partial charge in [0.2, 0.25) is 0 Å². The first kappa shape index (κ1) is 16.8. The predicted molar refractivity (Wildman–Crippen MR) is 93.8 cm³/mol. The van der Waals surface area contributed by atoms with Crippen molar-refractivity contribution in [1.29, 1.82) is 0 Å². The second-order valence-electron chi connectivity index (χ2n) is 6.02. The summed E-state index contributed by atoms with van der Waals surface area (Å²) in [7, 11) is 1.45. The molecule has 0 aromatic heterocycles. The minimum Gasteiger partial charge on any atom is -0.495 e. The van der Waals surface area contributed by atoms with Crippen molar-refractivity contribution in [3.8, 4) is 5.75 Å². The SMILES string of the molecule is COc1ccc([N+](=O)[O-])cc1NC(=O)NC1(c2ccccc2)CCC1. The van der Waals surface area contributed by atoms with E-state index in [-0.39, 0.29) is 16.9 Å². The Bertz CT molecular complexity index is 788. The highest BCUT2D eigenvalue weighted by molar-refractivity contribution is 5.92. The number of anilines is 1. The van der Waals surface area contributed by atoms with E-state index in [1.807, 2.05) is 30.3 Å². The number of methoxy groups -OCH3 is 1. The number of nitrogens with one attached hydrogen (secondary N) is 2. The van der Waals surface area contributed by atoms with Crippen molar-refractivity contribution in [3.05, 3.63) is 64.2 Å². The maximum atomic E-state index is 12.5. The third-order valence-electron chi connectivity index (χ3n) is 4.53. The van der Waals surface area contributed by atoms with Crippen LogP contribution in [0.25, 0.3) is 0 Å². The van der Waals surface area contributed by atoms with E-state index < -0.39 is 11.0 Å². The molecule has 7 nitrogen and oxygen atoms in total. The highest BCUT2D eigenvalue weighted by Gasteiger charge is 2.40. The number of ether oxygens (including phenoxy) is 1. The second-order valence-corrected chi connectivity index (χ2v) is 6.02. The van der Waals surface area contributed by atoms with Crippen LogP contribution in [0.4, 0.5) is 16.2 Å². The summed E-state index contributed by atoms with van der Waals surface area (Å²) >= 11 is 0. The van der Waals surface area contributed by atoms with Crippen LogP contribution < -0.4 is 15.4 Å². The molecule has 2 aromatic rings. The standard InChI is InChI=1S/C18H19N3O4/c1-25-16-9-8-14(21(23)24)12-15(16)19-17(22)20-18(10-5-11-18)13-6-3-2-4-7-13/h2-4,6-9,12H,5,10-11H2,1H3,(H2,19,20,22). The molecule has 1 fully saturated rings. The average Bonchev–Trinajstić information content (AvgIpc) is 2.58. The molecule has 2 N–H and O–H groups in total. The van der Waals surface area contributed by atoms with Crippen LogP contribution in [0.5, 0.6) is 5.75 Å². The number of carbonyl (C=O) groups excluding carboxylic acids is 1. The molecule has 0 aliphatic heterocycles. The molecule has 2 aromatic carbocycles. The highest BCUT2D eigenvalue weighted by atomic mass is 16.6. The quantitative estimate of drug-likeness (QED) is 0.639. The first-order chi connectivity index (χ1) is 12.0. The summed E-state index contributed by atoms with van der Waals surface area (Å²) in [5.74, 6) is 0.364. The molecule has 0 bridgehead atoms. The Labute approximate surface area is 145 Å². The molecule has 0 heterocycles. The zero-order valence-corrected chi connectivity index (χ0v) is 13.8. The van der Waals surface area contributed by atoms with Gasteiger partial charge in [0.15, 0.2) is 0 Å². The number of hydrogen-bond donors (Lipinski definition) is 2. The third-order valence-corrected chi connectivity index (χ3v) is 4.53. The number of amides is 2. The van der Waals surface area contributed by atoms with Crippen molar-refractivity contribution in [3.63, 3.8) is 0 Å². The van der Waals surface area contributed by atoms with Crippen LogP contribution >= 0.6 is 0 Å². The molecule has 7 heteroatoms. The smallest absolute Gasteiger partial charge is 0.320 e. The van der Waals surface area contributed by atoms with E-state index in [1.165, 1.54) is 25.3 Å². The van der Waals surface area contributed by atoms with Gasteiger partial charge in [-0.15, -0.1) is 0 Å². The van der Waals surface area contributed by atoms with Crippen LogP contribution in [0.3, 0.4) is 0 Å². The van der Waals surface area contributed by atoms with Gasteiger partial charge in [0.25, 0.3) is 5.69 Å². The summed E-state index contributed by atoms with van der Waals surface area (Å²) in [6.45, 7) is 0. The second kappa shape index (κ2) is 6.80. The number of benzene rings is 2. The highest BCUT2D eigenvalue weighted by Crippen LogP contribution is 2.41. The molecular formula is C18H19N3O4. The number of urea groups is 1. The Morgan fingerprint density at radius 2 is 1.92 bits per heavy atom. The third kappa shape index (κ3) is 3.40. The van der Waals surface area contributed by atoms with E-state index in [4.69, 9.17) is 4.74 Å². The molecule has 1 aliphatic carbocycles. The lowest BCUT2D eigenvalue weighted by molar-refractivity contribution is -0.384. The van der Waals surface area contributed by atoms with Gasteiger partial charge in [-0.2, -0.15) is 0 Å². The Balaban J connectivity index is 1.78. The van der Waals surface area contributed by atoms with Gasteiger partial charge in [-0.05, 0) is 30.9 Å². The topological polar surface area (TPSA) is 93.5 Å². The molecule has 3 rings (SSSR count). The zero-order chi connectivity index (χ0) is 17.9. The molecule has 2 amide bonds. The maximum absolute atomic E-state index is 12.5. The van der Waals surface area contributed by atoms with Gasteiger partial charge in [-0.3, -0.25) is 10.1 Å². The van der Waals surface area contributed by atoms with E-state index in [9.17, 15) is 14.9 Å². The zero-order valence-electron chi connectivity index (χ0n) is 13.8. The number of nitrogens with zero attached hydrogens (tertiary/aromatic N) is 1. The number of hydrogen-bond acceptors (Lipinski definition) is 4. The summed E-state index contributed by atoms with van der Waals surface area (Å²) in [5, 5.41) is 16.6. The van der Waals surface area contributed by atoms with Crippen LogP contribution in [0, 0.1) is 10.1 Å². The first-order valence-electron chi connectivity index (χ1n) is 8.01. The number of nitro groups is 1. The van der Waals surface area contributed by atoms with Gasteiger partial charge < -0.3 is 15.4 Å². The molecule has 0 radical (unpaired) electrons. The normalized spacial score (nSPS) is 14.9. The van der Waals surface area contributed by atoms with Crippen molar-refractivity contribution >= 4 is 17.4 Å². The van der Waals surface area contributed by atoms with Crippen LogP contribution in [0.2, 0.25) is 0 Å². The molecule has 0 spiro atoms. The average molecular weight is 341 g/mol. The van der Waals surface area contributed by atoms with Gasteiger partial charge >= 0.3 is 6.03 Å². The lowest BCUT2D eigenvalue weighted by Gasteiger charge is -2.43. The lowest BCUT2D eigenvalue weighted by atomic mass is 9.72. The molecular weight excluding hydrogens is 322 g/mol. The first-order valence-corrected chi connectivity index (χ1v) is 8.01. The molecule has 1 aliphatic rings. The predicted octanol–water partition coefficient (Wildman–Crippen LogP) is 3.80. The van der Waals surface area contributed by atoms with Gasteiger partial charge in [0.1, 0.15) is 5.75 Å². The summed E-state index contributed by atoms with van der Waals surface area (Å²) < 4.78 is 5.17. The minimum atomic E-state index is -0.514. The van der Waals surface area contributed by atoms with Crippen molar-refractivity contribution in [1.82, 2.24) is 5.32 Å². The van der Waals surface area contributed by atoms with Crippen LogP contribution in [0.1, 0.15) is 24.8 Å². The fourth-order valence-corrected chi connectivity index (χ4v) is 3.05. The molecule has 0 unspecified atom stereocenters. The largest absolute Gasteiger partial charge is 0.495 e. The van der Waals surface area contributed by atoms with Crippen LogP contribution in [-0.4, -0.2) is 18.1 Å². The molecule has 130 valence electrons. The number of nitro benzene ring substituents is 1. The lowest BCUT2D eigenvalue weighted by Crippen LogP contribution is -2.52. The summed E-state index contributed by atoms with van der Waals surface area (Å²) in [6.07, 6.45) is 2.75. The monoisotopic (exact) mass is 341 g/mol. The molecule has 0 atom stereocenters. The Kier molecular flexibility index (Phi) is 4.56. The van der Waals surface area contributed by atoms with Crippen molar-refractivity contribution in [2.45, 2.75) is 24.8 Å². The van der Waals surface area contributed by atoms with E-state index in [0.717, 1.165) is 24.8 Å². The number of rotatable bonds is 5. The van der Waals surface area contributed by atoms with Crippen LogP contribution in [-0.2, 0) is 5.54 Å². The van der Waals surface area contributed by atoms with Gasteiger partial charge in [-0.25, -0.2) is 4.79 Å². The van der Waals surface area contributed by atoms with Crippen molar-refractivity contribution < 1.29 is 14.5 Å². The Morgan fingerprint density at radius 3 is 2.48 bits per heavy atom.